The molecule has 0 amide bonds. The minimum Gasteiger partial charge on any atom is -0.354 e. The van der Waals surface area contributed by atoms with Crippen molar-refractivity contribution in [1.29, 1.82) is 0 Å². The molecule has 41 heavy (non-hydrogen) atoms. The van der Waals surface area contributed by atoms with Crippen molar-refractivity contribution in [2.24, 2.45) is 28.1 Å². The average Bonchev–Trinajstić information content (AvgIpc) is 3.61. The molecule has 2 unspecified atom stereocenters. The van der Waals surface area contributed by atoms with Crippen molar-refractivity contribution in [3.8, 4) is 22.3 Å². The second-order valence-electron chi connectivity index (χ2n) is 14.7. The van der Waals surface area contributed by atoms with Gasteiger partial charge >= 0.3 is 0 Å². The summed E-state index contributed by atoms with van der Waals surface area (Å²) in [6.07, 6.45) is 5.23. The Morgan fingerprint density at radius 2 is 1.05 bits per heavy atom. The van der Waals surface area contributed by atoms with Gasteiger partial charge in [-0.15, -0.1) is 0 Å². The highest BCUT2D eigenvalue weighted by atomic mass is 14.7. The number of fused-ring (bicyclic) bond motifs is 15. The van der Waals surface area contributed by atoms with E-state index in [2.05, 4.69) is 144 Å². The van der Waals surface area contributed by atoms with Crippen LogP contribution < -0.4 is 10.6 Å². The first-order chi connectivity index (χ1) is 19.6. The summed E-state index contributed by atoms with van der Waals surface area (Å²) in [5.74, 6) is 1.02. The van der Waals surface area contributed by atoms with E-state index in [1.807, 2.05) is 0 Å². The summed E-state index contributed by atoms with van der Waals surface area (Å²) < 4.78 is 0. The molecular weight excluding hydrogens is 494 g/mol. The van der Waals surface area contributed by atoms with Crippen LogP contribution in [0.3, 0.4) is 0 Å². The molecule has 4 aromatic carbocycles. The molecule has 4 aliphatic rings. The molecular formula is C40H37N. The quantitative estimate of drug-likeness (QED) is 0.202. The maximum absolute atomic E-state index is 4.03. The molecule has 2 atom stereocenters. The Morgan fingerprint density at radius 3 is 1.66 bits per heavy atom. The van der Waals surface area contributed by atoms with E-state index in [4.69, 9.17) is 0 Å². The van der Waals surface area contributed by atoms with Crippen LogP contribution in [0.25, 0.3) is 45.3 Å². The summed E-state index contributed by atoms with van der Waals surface area (Å²) in [6.45, 7) is 14.9. The van der Waals surface area contributed by atoms with Crippen LogP contribution in [0.4, 0.5) is 0 Å². The molecule has 1 saturated carbocycles. The minimum absolute atomic E-state index is 0.197. The van der Waals surface area contributed by atoms with Crippen LogP contribution in [0.2, 0.25) is 0 Å². The van der Waals surface area contributed by atoms with Gasteiger partial charge in [-0.05, 0) is 67.0 Å². The smallest absolute Gasteiger partial charge is 0.0726 e. The predicted molar refractivity (Wildman–Crippen MR) is 171 cm³/mol. The third-order valence-electron chi connectivity index (χ3n) is 13.0. The average molecular weight is 532 g/mol. The zero-order chi connectivity index (χ0) is 28.1. The van der Waals surface area contributed by atoms with Crippen molar-refractivity contribution in [3.05, 3.63) is 118 Å². The van der Waals surface area contributed by atoms with E-state index in [9.17, 15) is 0 Å². The molecule has 4 aliphatic carbocycles. The molecule has 1 heterocycles. The molecule has 202 valence electrons. The van der Waals surface area contributed by atoms with Gasteiger partial charge in [0, 0.05) is 21.5 Å². The fourth-order valence-corrected chi connectivity index (χ4v) is 9.74. The highest BCUT2D eigenvalue weighted by Gasteiger charge is 2.63. The van der Waals surface area contributed by atoms with Gasteiger partial charge in [-0.1, -0.05) is 139 Å². The lowest BCUT2D eigenvalue weighted by Crippen LogP contribution is -2.38. The zero-order valence-corrected chi connectivity index (χ0v) is 24.9. The van der Waals surface area contributed by atoms with Crippen LogP contribution in [0.15, 0.2) is 84.9 Å². The van der Waals surface area contributed by atoms with E-state index in [1.54, 1.807) is 0 Å². The van der Waals surface area contributed by atoms with Crippen molar-refractivity contribution in [1.82, 2.24) is 4.98 Å². The van der Waals surface area contributed by atoms with E-state index in [1.165, 1.54) is 66.0 Å². The summed E-state index contributed by atoms with van der Waals surface area (Å²) in [7, 11) is 0. The molecule has 1 aromatic heterocycles. The molecule has 0 aliphatic heterocycles. The maximum atomic E-state index is 4.03. The second kappa shape index (κ2) is 7.13. The first-order valence-electron chi connectivity index (χ1n) is 15.3. The fraction of sp³-hybridized carbons (Fsp3) is 0.300. The van der Waals surface area contributed by atoms with Crippen LogP contribution in [0, 0.1) is 28.1 Å². The SMILES string of the molecule is CC1(C)C2C=c3[nH]c4c5c(ccc4c3=CC2C(C)(C)C1(C)C)C1(c2ccccc2-c2ccccc21)c1ccccc1-5. The van der Waals surface area contributed by atoms with Crippen LogP contribution in [0.5, 0.6) is 0 Å². The van der Waals surface area contributed by atoms with Gasteiger partial charge < -0.3 is 4.98 Å². The standard InChI is InChI=1S/C40H37N/c1-37(2)32-21-27-25-19-20-31-35(36(25)41-34(27)22-33(32)38(3,4)39(37,5)6)26-15-9-12-18-30(26)40(31)28-16-10-7-13-23(28)24-14-8-11-17-29(24)40/h7-22,32-33,41H,1-6H3. The first-order valence-corrected chi connectivity index (χ1v) is 15.3. The summed E-state index contributed by atoms with van der Waals surface area (Å²) in [4.78, 5) is 4.03. The molecule has 0 bridgehead atoms. The van der Waals surface area contributed by atoms with Crippen molar-refractivity contribution in [2.75, 3.05) is 0 Å². The Labute approximate surface area is 242 Å². The van der Waals surface area contributed by atoms with Crippen molar-refractivity contribution in [2.45, 2.75) is 47.0 Å². The maximum Gasteiger partial charge on any atom is 0.0726 e. The Bertz CT molecular complexity index is 2050. The van der Waals surface area contributed by atoms with Crippen molar-refractivity contribution < 1.29 is 0 Å². The lowest BCUT2D eigenvalue weighted by Gasteiger charge is -2.45. The molecule has 1 nitrogen and oxygen atoms in total. The fourth-order valence-electron chi connectivity index (χ4n) is 9.74. The van der Waals surface area contributed by atoms with Gasteiger partial charge in [-0.2, -0.15) is 0 Å². The van der Waals surface area contributed by atoms with Gasteiger partial charge in [0.2, 0.25) is 0 Å². The highest BCUT2D eigenvalue weighted by Crippen LogP contribution is 2.69. The summed E-state index contributed by atoms with van der Waals surface area (Å²) >= 11 is 0. The molecule has 9 rings (SSSR count). The number of hydrogen-bond acceptors (Lipinski definition) is 0. The summed E-state index contributed by atoms with van der Waals surface area (Å²) in [5, 5.41) is 4.07. The van der Waals surface area contributed by atoms with Crippen LogP contribution in [0.1, 0.15) is 63.8 Å². The molecule has 1 spiro atoms. The van der Waals surface area contributed by atoms with Gasteiger partial charge in [0.15, 0.2) is 0 Å². The Morgan fingerprint density at radius 1 is 0.537 bits per heavy atom. The van der Waals surface area contributed by atoms with Gasteiger partial charge in [-0.25, -0.2) is 0 Å². The lowest BCUT2D eigenvalue weighted by molar-refractivity contribution is 0.0409. The number of aromatic nitrogens is 1. The second-order valence-corrected chi connectivity index (χ2v) is 14.7. The Kier molecular flexibility index (Phi) is 4.15. The third-order valence-corrected chi connectivity index (χ3v) is 13.0. The molecule has 1 fully saturated rings. The number of benzene rings is 4. The van der Waals surface area contributed by atoms with Gasteiger partial charge in [0.05, 0.1) is 10.9 Å². The van der Waals surface area contributed by atoms with Crippen molar-refractivity contribution in [3.63, 3.8) is 0 Å². The largest absolute Gasteiger partial charge is 0.354 e. The van der Waals surface area contributed by atoms with Crippen molar-refractivity contribution >= 4 is 23.1 Å². The number of nitrogens with one attached hydrogen (secondary N) is 1. The van der Waals surface area contributed by atoms with Crippen LogP contribution >= 0.6 is 0 Å². The van der Waals surface area contributed by atoms with Gasteiger partial charge in [0.1, 0.15) is 0 Å². The normalized spacial score (nSPS) is 24.0. The van der Waals surface area contributed by atoms with E-state index in [0.29, 0.717) is 11.8 Å². The molecule has 0 saturated heterocycles. The zero-order valence-electron chi connectivity index (χ0n) is 24.9. The number of rotatable bonds is 0. The molecule has 0 radical (unpaired) electrons. The number of aromatic amines is 1. The topological polar surface area (TPSA) is 15.8 Å². The summed E-state index contributed by atoms with van der Waals surface area (Å²) in [6, 6.07) is 32.2. The van der Waals surface area contributed by atoms with E-state index < -0.39 is 0 Å². The lowest BCUT2D eigenvalue weighted by atomic mass is 9.59. The van der Waals surface area contributed by atoms with E-state index >= 15 is 0 Å². The Hall–Kier alpha value is -3.84. The molecule has 1 N–H and O–H groups in total. The van der Waals surface area contributed by atoms with Crippen LogP contribution in [-0.2, 0) is 5.41 Å². The van der Waals surface area contributed by atoms with E-state index in [-0.39, 0.29) is 21.7 Å². The highest BCUT2D eigenvalue weighted by molar-refractivity contribution is 6.05. The number of hydrogen-bond donors (Lipinski definition) is 1. The van der Waals surface area contributed by atoms with Gasteiger partial charge in [0.25, 0.3) is 0 Å². The first kappa shape index (κ1) is 23.8. The third kappa shape index (κ3) is 2.42. The summed E-state index contributed by atoms with van der Waals surface area (Å²) in [5.41, 5.74) is 12.7. The Balaban J connectivity index is 1.39. The van der Waals surface area contributed by atoms with Gasteiger partial charge in [-0.3, -0.25) is 0 Å². The van der Waals surface area contributed by atoms with E-state index in [0.717, 1.165) is 0 Å². The molecule has 5 aromatic rings. The monoisotopic (exact) mass is 531 g/mol. The molecule has 1 heteroatoms. The minimum atomic E-state index is -0.295. The predicted octanol–water partition coefficient (Wildman–Crippen LogP) is 8.41. The van der Waals surface area contributed by atoms with Crippen LogP contribution in [-0.4, -0.2) is 4.98 Å². The number of H-pyrrole nitrogens is 1.